The fourth-order valence-electron chi connectivity index (χ4n) is 2.88. The summed E-state index contributed by atoms with van der Waals surface area (Å²) in [5.74, 6) is 1.83. The van der Waals surface area contributed by atoms with Crippen LogP contribution in [0.1, 0.15) is 44.3 Å². The first-order valence-corrected chi connectivity index (χ1v) is 7.12. The van der Waals surface area contributed by atoms with Crippen LogP contribution >= 0.6 is 0 Å². The molecule has 2 rings (SSSR count). The third-order valence-corrected chi connectivity index (χ3v) is 4.38. The number of benzene rings is 1. The Hall–Kier alpha value is -1.26. The van der Waals surface area contributed by atoms with E-state index in [0.29, 0.717) is 35.8 Å². The van der Waals surface area contributed by atoms with Gasteiger partial charge in [-0.1, -0.05) is 6.92 Å². The molecule has 112 valence electrons. The van der Waals surface area contributed by atoms with E-state index in [-0.39, 0.29) is 0 Å². The van der Waals surface area contributed by atoms with Gasteiger partial charge < -0.3 is 19.7 Å². The maximum atomic E-state index is 10.7. The van der Waals surface area contributed by atoms with Crippen molar-refractivity contribution in [1.29, 1.82) is 0 Å². The highest BCUT2D eigenvalue weighted by atomic mass is 16.5. The van der Waals surface area contributed by atoms with Crippen molar-refractivity contribution >= 4 is 0 Å². The SMILES string of the molecule is COc1ccc(OC)c(C(O)C2(O)CCC(C)CC2)c1. The van der Waals surface area contributed by atoms with Crippen molar-refractivity contribution in [3.05, 3.63) is 23.8 Å². The Morgan fingerprint density at radius 1 is 1.20 bits per heavy atom. The van der Waals surface area contributed by atoms with Crippen LogP contribution in [0, 0.1) is 5.92 Å². The van der Waals surface area contributed by atoms with E-state index < -0.39 is 11.7 Å². The zero-order valence-electron chi connectivity index (χ0n) is 12.4. The lowest BCUT2D eigenvalue weighted by molar-refractivity contribution is -0.106. The zero-order valence-corrected chi connectivity index (χ0v) is 12.4. The summed E-state index contributed by atoms with van der Waals surface area (Å²) in [7, 11) is 3.14. The van der Waals surface area contributed by atoms with E-state index in [1.54, 1.807) is 32.4 Å². The first kappa shape index (κ1) is 15.1. The van der Waals surface area contributed by atoms with Crippen LogP contribution in [0.3, 0.4) is 0 Å². The number of hydrogen-bond donors (Lipinski definition) is 2. The van der Waals surface area contributed by atoms with Gasteiger partial charge in [0.1, 0.15) is 17.6 Å². The second-order valence-electron chi connectivity index (χ2n) is 5.80. The fourth-order valence-corrected chi connectivity index (χ4v) is 2.88. The molecule has 1 atom stereocenters. The minimum atomic E-state index is -1.08. The monoisotopic (exact) mass is 280 g/mol. The smallest absolute Gasteiger partial charge is 0.125 e. The molecule has 20 heavy (non-hydrogen) atoms. The highest BCUT2D eigenvalue weighted by Gasteiger charge is 2.40. The molecule has 1 aromatic rings. The fraction of sp³-hybridized carbons (Fsp3) is 0.625. The van der Waals surface area contributed by atoms with Crippen LogP contribution in [0.25, 0.3) is 0 Å². The maximum absolute atomic E-state index is 10.7. The predicted octanol–water partition coefficient (Wildman–Crippen LogP) is 2.68. The molecule has 4 heteroatoms. The van der Waals surface area contributed by atoms with Gasteiger partial charge in [-0.15, -0.1) is 0 Å². The third kappa shape index (κ3) is 2.91. The van der Waals surface area contributed by atoms with E-state index in [2.05, 4.69) is 6.92 Å². The quantitative estimate of drug-likeness (QED) is 0.890. The molecule has 0 aliphatic heterocycles. The standard InChI is InChI=1S/C16H24O4/c1-11-6-8-16(18,9-7-11)15(17)13-10-12(19-2)4-5-14(13)20-3/h4-5,10-11,15,17-18H,6-9H2,1-3H3. The van der Waals surface area contributed by atoms with E-state index in [1.165, 1.54) is 0 Å². The van der Waals surface area contributed by atoms with E-state index in [9.17, 15) is 10.2 Å². The average molecular weight is 280 g/mol. The van der Waals surface area contributed by atoms with Crippen LogP contribution in [0.2, 0.25) is 0 Å². The molecule has 1 aromatic carbocycles. The Labute approximate surface area is 120 Å². The first-order chi connectivity index (χ1) is 9.50. The zero-order chi connectivity index (χ0) is 14.8. The van der Waals surface area contributed by atoms with Crippen molar-refractivity contribution in [1.82, 2.24) is 0 Å². The molecule has 1 aliphatic carbocycles. The van der Waals surface area contributed by atoms with Crippen molar-refractivity contribution in [2.45, 2.75) is 44.3 Å². The molecular weight excluding hydrogens is 256 g/mol. The Morgan fingerprint density at radius 3 is 2.40 bits per heavy atom. The second kappa shape index (κ2) is 6.02. The van der Waals surface area contributed by atoms with Crippen molar-refractivity contribution in [3.63, 3.8) is 0 Å². The lowest BCUT2D eigenvalue weighted by Gasteiger charge is -2.39. The second-order valence-corrected chi connectivity index (χ2v) is 5.80. The molecule has 0 amide bonds. The predicted molar refractivity (Wildman–Crippen MR) is 77.1 cm³/mol. The van der Waals surface area contributed by atoms with Crippen molar-refractivity contribution < 1.29 is 19.7 Å². The van der Waals surface area contributed by atoms with Gasteiger partial charge in [-0.3, -0.25) is 0 Å². The minimum absolute atomic E-state index is 0.574. The Morgan fingerprint density at radius 2 is 1.85 bits per heavy atom. The summed E-state index contributed by atoms with van der Waals surface area (Å²) in [5.41, 5.74) is -0.490. The molecule has 0 radical (unpaired) electrons. The molecule has 1 unspecified atom stereocenters. The summed E-state index contributed by atoms with van der Waals surface area (Å²) in [6.07, 6.45) is 2.12. The lowest BCUT2D eigenvalue weighted by Crippen LogP contribution is -2.40. The van der Waals surface area contributed by atoms with Gasteiger partial charge in [0.05, 0.1) is 19.8 Å². The van der Waals surface area contributed by atoms with Gasteiger partial charge in [0.2, 0.25) is 0 Å². The minimum Gasteiger partial charge on any atom is -0.497 e. The van der Waals surface area contributed by atoms with Crippen LogP contribution in [0.4, 0.5) is 0 Å². The summed E-state index contributed by atoms with van der Waals surface area (Å²) in [4.78, 5) is 0. The van der Waals surface area contributed by atoms with Crippen molar-refractivity contribution in [2.24, 2.45) is 5.92 Å². The van der Waals surface area contributed by atoms with E-state index in [1.807, 2.05) is 0 Å². The van der Waals surface area contributed by atoms with Crippen LogP contribution in [0.15, 0.2) is 18.2 Å². The number of aliphatic hydroxyl groups excluding tert-OH is 1. The Balaban J connectivity index is 2.29. The molecule has 1 aliphatic rings. The van der Waals surface area contributed by atoms with E-state index in [0.717, 1.165) is 12.8 Å². The first-order valence-electron chi connectivity index (χ1n) is 7.12. The molecule has 0 aromatic heterocycles. The molecule has 0 bridgehead atoms. The largest absolute Gasteiger partial charge is 0.497 e. The van der Waals surface area contributed by atoms with Gasteiger partial charge in [0.25, 0.3) is 0 Å². The topological polar surface area (TPSA) is 58.9 Å². The van der Waals surface area contributed by atoms with Crippen molar-refractivity contribution in [3.8, 4) is 11.5 Å². The van der Waals surface area contributed by atoms with E-state index in [4.69, 9.17) is 9.47 Å². The summed E-state index contributed by atoms with van der Waals surface area (Å²) >= 11 is 0. The van der Waals surface area contributed by atoms with E-state index >= 15 is 0 Å². The highest BCUT2D eigenvalue weighted by Crippen LogP contribution is 2.43. The van der Waals surface area contributed by atoms with Gasteiger partial charge in [0.15, 0.2) is 0 Å². The maximum Gasteiger partial charge on any atom is 0.125 e. The average Bonchev–Trinajstić information content (AvgIpc) is 2.49. The number of ether oxygens (including phenoxy) is 2. The Kier molecular flexibility index (Phi) is 4.55. The Bertz CT molecular complexity index is 450. The normalized spacial score (nSPS) is 27.9. The highest BCUT2D eigenvalue weighted by molar-refractivity contribution is 5.42. The molecule has 2 N–H and O–H groups in total. The van der Waals surface area contributed by atoms with Gasteiger partial charge in [-0.05, 0) is 49.8 Å². The van der Waals surface area contributed by atoms with Gasteiger partial charge >= 0.3 is 0 Å². The summed E-state index contributed by atoms with van der Waals surface area (Å²) in [6.45, 7) is 2.18. The van der Waals surface area contributed by atoms with Crippen LogP contribution < -0.4 is 9.47 Å². The number of aliphatic hydroxyl groups is 2. The molecule has 0 spiro atoms. The molecule has 0 saturated heterocycles. The van der Waals surface area contributed by atoms with Crippen LogP contribution in [-0.4, -0.2) is 30.0 Å². The van der Waals surface area contributed by atoms with Crippen molar-refractivity contribution in [2.75, 3.05) is 14.2 Å². The molecule has 4 nitrogen and oxygen atoms in total. The van der Waals surface area contributed by atoms with Gasteiger partial charge in [-0.2, -0.15) is 0 Å². The summed E-state index contributed by atoms with van der Waals surface area (Å²) in [6, 6.07) is 5.27. The van der Waals surface area contributed by atoms with Crippen LogP contribution in [-0.2, 0) is 0 Å². The molecule has 1 fully saturated rings. The number of methoxy groups -OCH3 is 2. The molecule has 1 saturated carbocycles. The lowest BCUT2D eigenvalue weighted by atomic mass is 9.75. The van der Waals surface area contributed by atoms with Crippen LogP contribution in [0.5, 0.6) is 11.5 Å². The molecular formula is C16H24O4. The number of hydrogen-bond acceptors (Lipinski definition) is 4. The van der Waals surface area contributed by atoms with Gasteiger partial charge in [-0.25, -0.2) is 0 Å². The number of rotatable bonds is 4. The summed E-state index contributed by atoms with van der Waals surface area (Å²) < 4.78 is 10.5. The summed E-state index contributed by atoms with van der Waals surface area (Å²) in [5, 5.41) is 21.4. The molecule has 0 heterocycles. The van der Waals surface area contributed by atoms with Gasteiger partial charge in [0, 0.05) is 5.56 Å². The third-order valence-electron chi connectivity index (χ3n) is 4.38.